The van der Waals surface area contributed by atoms with Crippen LogP contribution in [0.2, 0.25) is 0 Å². The average Bonchev–Trinajstić information content (AvgIpc) is 3.28. The van der Waals surface area contributed by atoms with Crippen molar-refractivity contribution in [3.05, 3.63) is 90.3 Å². The summed E-state index contributed by atoms with van der Waals surface area (Å²) in [4.78, 5) is 41.5. The lowest BCUT2D eigenvalue weighted by atomic mass is 10.1. The van der Waals surface area contributed by atoms with Gasteiger partial charge < -0.3 is 10.1 Å². The molecular formula is C23H19N5O4. The fourth-order valence-corrected chi connectivity index (χ4v) is 3.17. The number of aromatic nitrogens is 3. The fourth-order valence-electron chi connectivity index (χ4n) is 3.17. The molecule has 2 aromatic heterocycles. The lowest BCUT2D eigenvalue weighted by Gasteiger charge is -2.17. The van der Waals surface area contributed by atoms with Crippen LogP contribution in [0.1, 0.15) is 22.0 Å². The van der Waals surface area contributed by atoms with Crippen LogP contribution in [0.4, 0.5) is 4.79 Å². The first-order valence-corrected chi connectivity index (χ1v) is 9.75. The Morgan fingerprint density at radius 2 is 1.66 bits per heavy atom. The molecule has 1 atom stereocenters. The highest BCUT2D eigenvalue weighted by Crippen LogP contribution is 2.24. The first-order valence-electron chi connectivity index (χ1n) is 9.75. The number of benzene rings is 2. The molecule has 2 aromatic carbocycles. The molecule has 0 radical (unpaired) electrons. The van der Waals surface area contributed by atoms with E-state index in [-0.39, 0.29) is 11.2 Å². The number of rotatable bonds is 5. The Bertz CT molecular complexity index is 1270. The maximum absolute atomic E-state index is 13.0. The number of esters is 1. The molecule has 2 N–H and O–H groups in total. The highest BCUT2D eigenvalue weighted by Gasteiger charge is 2.28. The molecule has 160 valence electrons. The number of imide groups is 1. The number of urea groups is 1. The zero-order valence-corrected chi connectivity index (χ0v) is 17.1. The van der Waals surface area contributed by atoms with Gasteiger partial charge in [-0.25, -0.2) is 19.1 Å². The van der Waals surface area contributed by atoms with E-state index < -0.39 is 24.0 Å². The molecule has 9 nitrogen and oxygen atoms in total. The molecule has 0 fully saturated rings. The summed E-state index contributed by atoms with van der Waals surface area (Å²) in [6, 6.07) is 19.0. The molecule has 0 aliphatic heterocycles. The van der Waals surface area contributed by atoms with E-state index in [1.165, 1.54) is 17.8 Å². The predicted molar refractivity (Wildman–Crippen MR) is 116 cm³/mol. The molecule has 2 heterocycles. The van der Waals surface area contributed by atoms with Gasteiger partial charge >= 0.3 is 12.0 Å². The van der Waals surface area contributed by atoms with E-state index in [1.807, 2.05) is 30.3 Å². The van der Waals surface area contributed by atoms with Crippen LogP contribution < -0.4 is 10.6 Å². The zero-order valence-electron chi connectivity index (χ0n) is 17.1. The van der Waals surface area contributed by atoms with Crippen molar-refractivity contribution in [2.75, 3.05) is 7.05 Å². The Morgan fingerprint density at radius 1 is 0.969 bits per heavy atom. The van der Waals surface area contributed by atoms with Gasteiger partial charge in [-0.3, -0.25) is 10.1 Å². The van der Waals surface area contributed by atoms with E-state index >= 15 is 0 Å². The summed E-state index contributed by atoms with van der Waals surface area (Å²) in [7, 11) is 1.38. The van der Waals surface area contributed by atoms with Gasteiger partial charge in [-0.1, -0.05) is 60.7 Å². The number of hydrogen-bond donors (Lipinski definition) is 2. The third kappa shape index (κ3) is 4.17. The fraction of sp³-hybridized carbons (Fsp3) is 0.0870. The van der Waals surface area contributed by atoms with Gasteiger partial charge in [0.05, 0.1) is 11.9 Å². The Kier molecular flexibility index (Phi) is 5.89. The molecule has 9 heteroatoms. The third-order valence-electron chi connectivity index (χ3n) is 4.72. The van der Waals surface area contributed by atoms with Crippen LogP contribution in [0.3, 0.4) is 0 Å². The Morgan fingerprint density at radius 3 is 2.34 bits per heavy atom. The summed E-state index contributed by atoms with van der Waals surface area (Å²) in [5.74, 6) is -1.57. The predicted octanol–water partition coefficient (Wildman–Crippen LogP) is 2.75. The number of ether oxygens (including phenoxy) is 1. The summed E-state index contributed by atoms with van der Waals surface area (Å²) in [5, 5.41) is 8.73. The molecule has 0 aliphatic carbocycles. The van der Waals surface area contributed by atoms with E-state index in [9.17, 15) is 14.4 Å². The minimum atomic E-state index is -1.34. The van der Waals surface area contributed by atoms with Gasteiger partial charge in [-0.05, 0) is 6.07 Å². The standard InChI is InChI=1S/C23H19N5O4/c1-24-23(31)27-21(29)19(16-10-6-3-7-11-16)32-22(30)17-14-26-28-18(12-13-25-20(17)28)15-8-4-2-5-9-15/h2-14,19H,1H3,(H2,24,27,29,31). The number of carbonyl (C=O) groups excluding carboxylic acids is 3. The maximum Gasteiger partial charge on any atom is 0.344 e. The van der Waals surface area contributed by atoms with Crippen molar-refractivity contribution in [3.8, 4) is 11.3 Å². The quantitative estimate of drug-likeness (QED) is 0.472. The van der Waals surface area contributed by atoms with E-state index in [4.69, 9.17) is 4.74 Å². The number of nitrogens with one attached hydrogen (secondary N) is 2. The second kappa shape index (κ2) is 9.09. The van der Waals surface area contributed by atoms with Crippen LogP contribution in [-0.4, -0.2) is 39.6 Å². The van der Waals surface area contributed by atoms with E-state index in [2.05, 4.69) is 20.7 Å². The van der Waals surface area contributed by atoms with Crippen molar-refractivity contribution >= 4 is 23.6 Å². The highest BCUT2D eigenvalue weighted by atomic mass is 16.5. The van der Waals surface area contributed by atoms with Crippen LogP contribution in [0, 0.1) is 0 Å². The molecule has 0 saturated heterocycles. The Balaban J connectivity index is 1.67. The molecule has 0 saturated carbocycles. The molecular weight excluding hydrogens is 410 g/mol. The molecule has 3 amide bonds. The van der Waals surface area contributed by atoms with Gasteiger partial charge in [0.2, 0.25) is 6.10 Å². The van der Waals surface area contributed by atoms with Crippen LogP contribution >= 0.6 is 0 Å². The van der Waals surface area contributed by atoms with Crippen molar-refractivity contribution < 1.29 is 19.1 Å². The van der Waals surface area contributed by atoms with Crippen LogP contribution in [-0.2, 0) is 9.53 Å². The minimum Gasteiger partial charge on any atom is -0.444 e. The molecule has 0 bridgehead atoms. The SMILES string of the molecule is CNC(=O)NC(=O)C(OC(=O)c1cnn2c(-c3ccccc3)ccnc12)c1ccccc1. The minimum absolute atomic E-state index is 0.0939. The van der Waals surface area contributed by atoms with Gasteiger partial charge in [-0.15, -0.1) is 0 Å². The monoisotopic (exact) mass is 429 g/mol. The molecule has 1 unspecified atom stereocenters. The largest absolute Gasteiger partial charge is 0.444 e. The molecule has 32 heavy (non-hydrogen) atoms. The lowest BCUT2D eigenvalue weighted by Crippen LogP contribution is -2.41. The van der Waals surface area contributed by atoms with Crippen LogP contribution in [0.5, 0.6) is 0 Å². The second-order valence-corrected chi connectivity index (χ2v) is 6.75. The highest BCUT2D eigenvalue weighted by molar-refractivity contribution is 6.00. The van der Waals surface area contributed by atoms with E-state index in [1.54, 1.807) is 42.6 Å². The lowest BCUT2D eigenvalue weighted by molar-refractivity contribution is -0.129. The maximum atomic E-state index is 13.0. The smallest absolute Gasteiger partial charge is 0.344 e. The number of fused-ring (bicyclic) bond motifs is 1. The first kappa shape index (κ1) is 20.7. The van der Waals surface area contributed by atoms with Crippen LogP contribution in [0.25, 0.3) is 16.9 Å². The van der Waals surface area contributed by atoms with Gasteiger partial charge in [0, 0.05) is 24.4 Å². The number of hydrogen-bond acceptors (Lipinski definition) is 6. The van der Waals surface area contributed by atoms with Gasteiger partial charge in [-0.2, -0.15) is 5.10 Å². The summed E-state index contributed by atoms with van der Waals surface area (Å²) in [6.07, 6.45) is 1.58. The van der Waals surface area contributed by atoms with Gasteiger partial charge in [0.1, 0.15) is 5.56 Å². The van der Waals surface area contributed by atoms with Crippen molar-refractivity contribution in [1.29, 1.82) is 0 Å². The summed E-state index contributed by atoms with van der Waals surface area (Å²) < 4.78 is 7.05. The Labute approximate surface area is 183 Å². The van der Waals surface area contributed by atoms with Crippen molar-refractivity contribution in [2.45, 2.75) is 6.10 Å². The van der Waals surface area contributed by atoms with Gasteiger partial charge in [0.25, 0.3) is 5.91 Å². The molecule has 4 aromatic rings. The number of nitrogens with zero attached hydrogens (tertiary/aromatic N) is 3. The van der Waals surface area contributed by atoms with Crippen molar-refractivity contribution in [2.24, 2.45) is 0 Å². The normalized spacial score (nSPS) is 11.5. The molecule has 0 spiro atoms. The zero-order chi connectivity index (χ0) is 22.5. The van der Waals surface area contributed by atoms with Crippen LogP contribution in [0.15, 0.2) is 79.1 Å². The third-order valence-corrected chi connectivity index (χ3v) is 4.72. The van der Waals surface area contributed by atoms with Crippen molar-refractivity contribution in [3.63, 3.8) is 0 Å². The van der Waals surface area contributed by atoms with Crippen molar-refractivity contribution in [1.82, 2.24) is 25.2 Å². The Hall–Kier alpha value is -4.53. The van der Waals surface area contributed by atoms with E-state index in [0.29, 0.717) is 5.56 Å². The molecule has 0 aliphatic rings. The van der Waals surface area contributed by atoms with E-state index in [0.717, 1.165) is 11.3 Å². The van der Waals surface area contributed by atoms with Gasteiger partial charge in [0.15, 0.2) is 5.65 Å². The average molecular weight is 429 g/mol. The second-order valence-electron chi connectivity index (χ2n) is 6.75. The summed E-state index contributed by atoms with van der Waals surface area (Å²) in [5.41, 5.74) is 2.43. The number of amides is 3. The first-order chi connectivity index (χ1) is 15.6. The number of carbonyl (C=O) groups is 3. The molecule has 4 rings (SSSR count). The summed E-state index contributed by atoms with van der Waals surface area (Å²) >= 11 is 0. The topological polar surface area (TPSA) is 115 Å². The summed E-state index contributed by atoms with van der Waals surface area (Å²) in [6.45, 7) is 0.